The molecule has 31 heavy (non-hydrogen) atoms. The molecular weight excluding hydrogens is 440 g/mol. The van der Waals surface area contributed by atoms with Crippen LogP contribution in [0.2, 0.25) is 5.02 Å². The molecule has 3 rings (SSSR count). The van der Waals surface area contributed by atoms with Crippen LogP contribution >= 0.6 is 11.6 Å². The molecule has 0 bridgehead atoms. The van der Waals surface area contributed by atoms with Gasteiger partial charge in [-0.2, -0.15) is 5.26 Å². The second kappa shape index (κ2) is 9.57. The molecule has 1 heterocycles. The summed E-state index contributed by atoms with van der Waals surface area (Å²) in [6, 6.07) is 16.0. The Labute approximate surface area is 184 Å². The average molecular weight is 457 g/mol. The predicted octanol–water partition coefficient (Wildman–Crippen LogP) is 3.24. The number of hydrogen-bond acceptors (Lipinski definition) is 6. The summed E-state index contributed by atoms with van der Waals surface area (Å²) in [6.07, 6.45) is 1.37. The van der Waals surface area contributed by atoms with Crippen molar-refractivity contribution < 1.29 is 17.9 Å². The average Bonchev–Trinajstić information content (AvgIpc) is 2.79. The van der Waals surface area contributed by atoms with Crippen LogP contribution in [0.15, 0.2) is 65.7 Å². The van der Waals surface area contributed by atoms with E-state index in [-0.39, 0.29) is 22.4 Å². The third kappa shape index (κ3) is 5.58. The molecule has 1 amide bonds. The van der Waals surface area contributed by atoms with Crippen LogP contribution in [0.4, 0.5) is 0 Å². The topological polar surface area (TPSA) is 121 Å². The Hall–Kier alpha value is -3.45. The van der Waals surface area contributed by atoms with Crippen LogP contribution in [0.3, 0.4) is 0 Å². The summed E-state index contributed by atoms with van der Waals surface area (Å²) in [5.74, 6) is 0.438. The highest BCUT2D eigenvalue weighted by atomic mass is 35.5. The van der Waals surface area contributed by atoms with Crippen molar-refractivity contribution >= 4 is 27.5 Å². The zero-order valence-corrected chi connectivity index (χ0v) is 17.9. The third-order valence-electron chi connectivity index (χ3n) is 4.25. The summed E-state index contributed by atoms with van der Waals surface area (Å²) in [5.41, 5.74) is 1.40. The van der Waals surface area contributed by atoms with Gasteiger partial charge in [0, 0.05) is 23.8 Å². The van der Waals surface area contributed by atoms with E-state index in [2.05, 4.69) is 15.0 Å². The Morgan fingerprint density at radius 1 is 1.16 bits per heavy atom. The maximum Gasteiger partial charge on any atom is 0.253 e. The van der Waals surface area contributed by atoms with Gasteiger partial charge < -0.3 is 10.1 Å². The van der Waals surface area contributed by atoms with Crippen LogP contribution in [-0.2, 0) is 16.6 Å². The Kier molecular flexibility index (Phi) is 6.87. The zero-order chi connectivity index (χ0) is 22.4. The Morgan fingerprint density at radius 3 is 2.48 bits per heavy atom. The minimum Gasteiger partial charge on any atom is -0.439 e. The number of benzene rings is 2. The lowest BCUT2D eigenvalue weighted by Gasteiger charge is -2.10. The van der Waals surface area contributed by atoms with Gasteiger partial charge in [0.05, 0.1) is 22.1 Å². The predicted molar refractivity (Wildman–Crippen MR) is 114 cm³/mol. The number of hydrogen-bond donors (Lipinski definition) is 2. The van der Waals surface area contributed by atoms with E-state index < -0.39 is 10.0 Å². The molecule has 2 aromatic carbocycles. The Bertz CT molecular complexity index is 1240. The van der Waals surface area contributed by atoms with Crippen molar-refractivity contribution in [3.05, 3.63) is 82.5 Å². The molecule has 3 aromatic rings. The molecule has 0 radical (unpaired) electrons. The molecular formula is C21H17ClN4O4S. The second-order valence-electron chi connectivity index (χ2n) is 6.27. The molecule has 0 aliphatic carbocycles. The number of amides is 1. The number of halogens is 1. The van der Waals surface area contributed by atoms with Gasteiger partial charge in [0.15, 0.2) is 0 Å². The molecule has 0 unspecified atom stereocenters. The molecule has 1 aromatic heterocycles. The molecule has 0 spiro atoms. The van der Waals surface area contributed by atoms with Gasteiger partial charge in [0.25, 0.3) is 5.91 Å². The van der Waals surface area contributed by atoms with Crippen LogP contribution < -0.4 is 14.8 Å². The van der Waals surface area contributed by atoms with Gasteiger partial charge in [-0.15, -0.1) is 0 Å². The number of carbonyl (C=O) groups is 1. The summed E-state index contributed by atoms with van der Waals surface area (Å²) < 4.78 is 31.4. The zero-order valence-electron chi connectivity index (χ0n) is 16.3. The first-order valence-corrected chi connectivity index (χ1v) is 10.8. The van der Waals surface area contributed by atoms with Crippen LogP contribution in [0.5, 0.6) is 11.6 Å². The lowest BCUT2D eigenvalue weighted by Crippen LogP contribution is -2.23. The van der Waals surface area contributed by atoms with Crippen LogP contribution in [0.1, 0.15) is 21.5 Å². The number of sulfonamides is 1. The standard InChI is InChI=1S/C21H17ClN4O4S/c1-24-31(28,29)18-8-4-15(19(22)10-18)12-26-21(27)16-5-9-20(25-13-16)30-17-6-2-14(11-23)3-7-17/h2-10,13,24H,12H2,1H3,(H,26,27). The van der Waals surface area contributed by atoms with E-state index in [9.17, 15) is 13.2 Å². The Balaban J connectivity index is 1.61. The van der Waals surface area contributed by atoms with Crippen LogP contribution in [-0.4, -0.2) is 26.4 Å². The molecule has 10 heteroatoms. The van der Waals surface area contributed by atoms with E-state index in [1.54, 1.807) is 42.5 Å². The van der Waals surface area contributed by atoms with Gasteiger partial charge >= 0.3 is 0 Å². The van der Waals surface area contributed by atoms with Crippen molar-refractivity contribution in [2.75, 3.05) is 7.05 Å². The summed E-state index contributed by atoms with van der Waals surface area (Å²) in [4.78, 5) is 16.5. The minimum absolute atomic E-state index is 0.0390. The summed E-state index contributed by atoms with van der Waals surface area (Å²) in [5, 5.41) is 11.7. The molecule has 0 atom stereocenters. The second-order valence-corrected chi connectivity index (χ2v) is 8.56. The maximum atomic E-state index is 12.4. The Morgan fingerprint density at radius 2 is 1.90 bits per heavy atom. The quantitative estimate of drug-likeness (QED) is 0.563. The number of nitrogens with zero attached hydrogens (tertiary/aromatic N) is 2. The fourth-order valence-electron chi connectivity index (χ4n) is 2.53. The highest BCUT2D eigenvalue weighted by Gasteiger charge is 2.14. The van der Waals surface area contributed by atoms with Gasteiger partial charge in [0.1, 0.15) is 5.75 Å². The fraction of sp³-hybridized carbons (Fsp3) is 0.0952. The molecule has 8 nitrogen and oxygen atoms in total. The smallest absolute Gasteiger partial charge is 0.253 e. The number of ether oxygens (including phenoxy) is 1. The lowest BCUT2D eigenvalue weighted by atomic mass is 10.2. The first kappa shape index (κ1) is 22.2. The molecule has 0 aliphatic rings. The number of pyridine rings is 1. The van der Waals surface area contributed by atoms with E-state index in [0.717, 1.165) is 0 Å². The van der Waals surface area contributed by atoms with E-state index >= 15 is 0 Å². The van der Waals surface area contributed by atoms with Gasteiger partial charge in [-0.25, -0.2) is 18.1 Å². The number of nitrogens with one attached hydrogen (secondary N) is 2. The molecule has 0 aliphatic heterocycles. The summed E-state index contributed by atoms with van der Waals surface area (Å²) in [6.45, 7) is 0.112. The third-order valence-corrected chi connectivity index (χ3v) is 6.01. The lowest BCUT2D eigenvalue weighted by molar-refractivity contribution is 0.0950. The van der Waals surface area contributed by atoms with Crippen LogP contribution in [0.25, 0.3) is 0 Å². The molecule has 0 saturated heterocycles. The van der Waals surface area contributed by atoms with Gasteiger partial charge in [-0.3, -0.25) is 4.79 Å². The minimum atomic E-state index is -3.60. The summed E-state index contributed by atoms with van der Waals surface area (Å²) >= 11 is 6.15. The number of aromatic nitrogens is 1. The first-order chi connectivity index (χ1) is 14.8. The highest BCUT2D eigenvalue weighted by molar-refractivity contribution is 7.89. The maximum absolute atomic E-state index is 12.4. The normalized spacial score (nSPS) is 10.9. The van der Waals surface area contributed by atoms with Crippen molar-refractivity contribution in [3.63, 3.8) is 0 Å². The molecule has 2 N–H and O–H groups in total. The van der Waals surface area contributed by atoms with Crippen molar-refractivity contribution in [2.24, 2.45) is 0 Å². The molecule has 0 saturated carbocycles. The van der Waals surface area contributed by atoms with Crippen molar-refractivity contribution in [3.8, 4) is 17.7 Å². The number of carbonyl (C=O) groups excluding carboxylic acids is 1. The molecule has 158 valence electrons. The first-order valence-electron chi connectivity index (χ1n) is 8.96. The van der Waals surface area contributed by atoms with Gasteiger partial charge in [-0.05, 0) is 55.1 Å². The van der Waals surface area contributed by atoms with Crippen molar-refractivity contribution in [1.29, 1.82) is 5.26 Å². The number of rotatable bonds is 7. The van der Waals surface area contributed by atoms with E-state index in [1.165, 1.54) is 25.4 Å². The van der Waals surface area contributed by atoms with Gasteiger partial charge in [-0.1, -0.05) is 17.7 Å². The molecule has 0 fully saturated rings. The largest absolute Gasteiger partial charge is 0.439 e. The van der Waals surface area contributed by atoms with E-state index in [1.807, 2.05) is 6.07 Å². The van der Waals surface area contributed by atoms with Gasteiger partial charge in [0.2, 0.25) is 15.9 Å². The highest BCUT2D eigenvalue weighted by Crippen LogP contribution is 2.22. The van der Waals surface area contributed by atoms with Crippen molar-refractivity contribution in [2.45, 2.75) is 11.4 Å². The number of nitriles is 1. The SMILES string of the molecule is CNS(=O)(=O)c1ccc(CNC(=O)c2ccc(Oc3ccc(C#N)cc3)nc2)c(Cl)c1. The van der Waals surface area contributed by atoms with Crippen LogP contribution in [0, 0.1) is 11.3 Å². The monoisotopic (exact) mass is 456 g/mol. The van der Waals surface area contributed by atoms with E-state index in [4.69, 9.17) is 21.6 Å². The van der Waals surface area contributed by atoms with E-state index in [0.29, 0.717) is 28.3 Å². The summed E-state index contributed by atoms with van der Waals surface area (Å²) in [7, 11) is -2.29. The van der Waals surface area contributed by atoms with Crippen molar-refractivity contribution in [1.82, 2.24) is 15.0 Å². The fourth-order valence-corrected chi connectivity index (χ4v) is 3.60.